The second kappa shape index (κ2) is 9.30. The van der Waals surface area contributed by atoms with Gasteiger partial charge in [0.25, 0.3) is 5.91 Å². The summed E-state index contributed by atoms with van der Waals surface area (Å²) in [6, 6.07) is 8.02. The van der Waals surface area contributed by atoms with Crippen molar-refractivity contribution in [3.05, 3.63) is 29.8 Å². The molecule has 0 spiro atoms. The summed E-state index contributed by atoms with van der Waals surface area (Å²) >= 11 is 0. The van der Waals surface area contributed by atoms with Crippen molar-refractivity contribution in [2.75, 3.05) is 33.8 Å². The second-order valence-corrected chi connectivity index (χ2v) is 6.69. The molecule has 1 aromatic rings. The molecule has 0 unspecified atom stereocenters. The summed E-state index contributed by atoms with van der Waals surface area (Å²) in [4.78, 5) is 27.3. The summed E-state index contributed by atoms with van der Waals surface area (Å²) in [6.07, 6.45) is 3.71. The molecular weight excluding hydrogens is 318 g/mol. The zero-order chi connectivity index (χ0) is 18.2. The number of nitrogens with zero attached hydrogens (tertiary/aromatic N) is 2. The Labute approximate surface area is 150 Å². The molecule has 1 heterocycles. The Balaban J connectivity index is 1.70. The molecule has 1 N–H and O–H groups in total. The number of likely N-dealkylation sites (tertiary alicyclic amines) is 1. The molecule has 6 heteroatoms. The number of rotatable bonds is 6. The zero-order valence-corrected chi connectivity index (χ0v) is 15.5. The number of nitrogens with one attached hydrogen (secondary N) is 1. The van der Waals surface area contributed by atoms with Crippen molar-refractivity contribution < 1.29 is 14.3 Å². The van der Waals surface area contributed by atoms with Crippen LogP contribution in [0.2, 0.25) is 0 Å². The maximum atomic E-state index is 12.1. The smallest absolute Gasteiger partial charge is 0.319 e. The van der Waals surface area contributed by atoms with E-state index < -0.39 is 0 Å². The first kappa shape index (κ1) is 19.1. The van der Waals surface area contributed by atoms with Gasteiger partial charge in [-0.2, -0.15) is 0 Å². The fraction of sp³-hybridized carbons (Fsp3) is 0.579. The summed E-state index contributed by atoms with van der Waals surface area (Å²) in [6.45, 7) is 3.50. The van der Waals surface area contributed by atoms with Gasteiger partial charge >= 0.3 is 6.03 Å². The van der Waals surface area contributed by atoms with Crippen molar-refractivity contribution in [1.29, 1.82) is 0 Å². The molecule has 6 nitrogen and oxygen atoms in total. The lowest BCUT2D eigenvalue weighted by Crippen LogP contribution is -2.49. The highest BCUT2D eigenvalue weighted by Crippen LogP contribution is 2.14. The van der Waals surface area contributed by atoms with Gasteiger partial charge in [-0.25, -0.2) is 4.79 Å². The summed E-state index contributed by atoms with van der Waals surface area (Å²) in [5.41, 5.74) is 1.28. The average Bonchev–Trinajstić information content (AvgIpc) is 2.61. The predicted octanol–water partition coefficient (Wildman–Crippen LogP) is 2.28. The average molecular weight is 347 g/mol. The number of urea groups is 1. The number of hydrogen-bond acceptors (Lipinski definition) is 3. The molecule has 1 aliphatic heterocycles. The van der Waals surface area contributed by atoms with Gasteiger partial charge in [0.15, 0.2) is 6.61 Å². The van der Waals surface area contributed by atoms with Gasteiger partial charge in [0.1, 0.15) is 5.75 Å². The van der Waals surface area contributed by atoms with Gasteiger partial charge in [0.05, 0.1) is 0 Å². The van der Waals surface area contributed by atoms with Crippen molar-refractivity contribution in [2.24, 2.45) is 0 Å². The van der Waals surface area contributed by atoms with Gasteiger partial charge in [-0.3, -0.25) is 4.79 Å². The van der Waals surface area contributed by atoms with Crippen molar-refractivity contribution in [1.82, 2.24) is 15.1 Å². The molecule has 1 aromatic carbocycles. The molecule has 1 saturated heterocycles. The van der Waals surface area contributed by atoms with Gasteiger partial charge in [-0.05, 0) is 37.0 Å². The Bertz CT molecular complexity index is 564. The van der Waals surface area contributed by atoms with Crippen LogP contribution in [-0.4, -0.2) is 61.6 Å². The number of carbonyl (C=O) groups is 2. The molecule has 0 aromatic heterocycles. The van der Waals surface area contributed by atoms with Crippen LogP contribution in [0.4, 0.5) is 4.79 Å². The van der Waals surface area contributed by atoms with Crippen LogP contribution >= 0.6 is 0 Å². The first-order chi connectivity index (χ1) is 12.0. The lowest BCUT2D eigenvalue weighted by molar-refractivity contribution is -0.124. The third-order valence-corrected chi connectivity index (χ3v) is 4.35. The van der Waals surface area contributed by atoms with E-state index in [1.807, 2.05) is 29.2 Å². The number of benzene rings is 1. The molecular formula is C19H29N3O3. The Hall–Kier alpha value is -2.24. The largest absolute Gasteiger partial charge is 0.484 e. The van der Waals surface area contributed by atoms with Gasteiger partial charge in [-0.1, -0.05) is 25.5 Å². The van der Waals surface area contributed by atoms with Crippen LogP contribution in [0.1, 0.15) is 31.7 Å². The van der Waals surface area contributed by atoms with Gasteiger partial charge in [0, 0.05) is 33.2 Å². The number of aryl methyl sites for hydroxylation is 1. The van der Waals surface area contributed by atoms with E-state index in [2.05, 4.69) is 12.2 Å². The van der Waals surface area contributed by atoms with E-state index in [4.69, 9.17) is 4.74 Å². The molecule has 3 amide bonds. The van der Waals surface area contributed by atoms with E-state index >= 15 is 0 Å². The van der Waals surface area contributed by atoms with Crippen molar-refractivity contribution >= 4 is 11.9 Å². The first-order valence-electron chi connectivity index (χ1n) is 8.97. The van der Waals surface area contributed by atoms with E-state index in [0.717, 1.165) is 25.7 Å². The van der Waals surface area contributed by atoms with E-state index in [0.29, 0.717) is 18.8 Å². The fourth-order valence-corrected chi connectivity index (χ4v) is 2.96. The van der Waals surface area contributed by atoms with Crippen LogP contribution in [-0.2, 0) is 11.2 Å². The molecule has 138 valence electrons. The van der Waals surface area contributed by atoms with Crippen molar-refractivity contribution in [2.45, 2.75) is 38.6 Å². The van der Waals surface area contributed by atoms with Crippen molar-refractivity contribution in [3.8, 4) is 5.75 Å². The molecule has 25 heavy (non-hydrogen) atoms. The molecule has 0 aliphatic carbocycles. The fourth-order valence-electron chi connectivity index (χ4n) is 2.96. The van der Waals surface area contributed by atoms with E-state index in [1.54, 1.807) is 19.0 Å². The minimum atomic E-state index is -0.116. The predicted molar refractivity (Wildman–Crippen MR) is 97.8 cm³/mol. The Morgan fingerprint density at radius 2 is 1.84 bits per heavy atom. The van der Waals surface area contributed by atoms with E-state index in [-0.39, 0.29) is 24.6 Å². The van der Waals surface area contributed by atoms with E-state index in [1.165, 1.54) is 5.56 Å². The number of amides is 3. The third kappa shape index (κ3) is 5.96. The minimum Gasteiger partial charge on any atom is -0.484 e. The minimum absolute atomic E-state index is 0.0178. The monoisotopic (exact) mass is 347 g/mol. The Morgan fingerprint density at radius 1 is 1.20 bits per heavy atom. The molecule has 1 fully saturated rings. The SMILES string of the molecule is CCCc1ccc(OCC(=O)NC2CCN(C(=O)N(C)C)CC2)cc1. The number of ether oxygens (including phenoxy) is 1. The highest BCUT2D eigenvalue weighted by atomic mass is 16.5. The lowest BCUT2D eigenvalue weighted by atomic mass is 10.1. The van der Waals surface area contributed by atoms with Crippen molar-refractivity contribution in [3.63, 3.8) is 0 Å². The molecule has 0 radical (unpaired) electrons. The summed E-state index contributed by atoms with van der Waals surface area (Å²) in [7, 11) is 3.50. The topological polar surface area (TPSA) is 61.9 Å². The quantitative estimate of drug-likeness (QED) is 0.859. The summed E-state index contributed by atoms with van der Waals surface area (Å²) < 4.78 is 5.55. The summed E-state index contributed by atoms with van der Waals surface area (Å²) in [5.74, 6) is 0.594. The molecule has 1 aliphatic rings. The van der Waals surface area contributed by atoms with Crippen LogP contribution in [0.15, 0.2) is 24.3 Å². The zero-order valence-electron chi connectivity index (χ0n) is 15.5. The molecule has 0 atom stereocenters. The van der Waals surface area contributed by atoms with E-state index in [9.17, 15) is 9.59 Å². The highest BCUT2D eigenvalue weighted by molar-refractivity contribution is 5.78. The normalized spacial score (nSPS) is 14.9. The molecule has 0 saturated carbocycles. The van der Waals surface area contributed by atoms with Crippen LogP contribution in [0, 0.1) is 0 Å². The Morgan fingerprint density at radius 3 is 2.40 bits per heavy atom. The van der Waals surface area contributed by atoms with Crippen LogP contribution in [0.3, 0.4) is 0 Å². The highest BCUT2D eigenvalue weighted by Gasteiger charge is 2.24. The number of hydrogen-bond donors (Lipinski definition) is 1. The van der Waals surface area contributed by atoms with Crippen LogP contribution < -0.4 is 10.1 Å². The van der Waals surface area contributed by atoms with Crippen LogP contribution in [0.5, 0.6) is 5.75 Å². The maximum absolute atomic E-state index is 12.1. The lowest BCUT2D eigenvalue weighted by Gasteiger charge is -2.33. The third-order valence-electron chi connectivity index (χ3n) is 4.35. The Kier molecular flexibility index (Phi) is 7.10. The number of carbonyl (C=O) groups excluding carboxylic acids is 2. The molecule has 2 rings (SSSR count). The standard InChI is InChI=1S/C19H29N3O3/c1-4-5-15-6-8-17(9-7-15)25-14-18(23)20-16-10-12-22(13-11-16)19(24)21(2)3/h6-9,16H,4-5,10-14H2,1-3H3,(H,20,23). The first-order valence-corrected chi connectivity index (χ1v) is 8.97. The van der Waals surface area contributed by atoms with Gasteiger partial charge in [0.2, 0.25) is 0 Å². The summed E-state index contributed by atoms with van der Waals surface area (Å²) in [5, 5.41) is 2.99. The van der Waals surface area contributed by atoms with Gasteiger partial charge < -0.3 is 19.9 Å². The van der Waals surface area contributed by atoms with Crippen LogP contribution in [0.25, 0.3) is 0 Å². The number of piperidine rings is 1. The second-order valence-electron chi connectivity index (χ2n) is 6.69. The van der Waals surface area contributed by atoms with Gasteiger partial charge in [-0.15, -0.1) is 0 Å². The maximum Gasteiger partial charge on any atom is 0.319 e. The molecule has 0 bridgehead atoms.